The van der Waals surface area contributed by atoms with E-state index >= 15 is 0 Å². The molecule has 0 aromatic heterocycles. The minimum absolute atomic E-state index is 0.114. The number of rotatable bonds is 0. The molecule has 2 heterocycles. The molecule has 0 bridgehead atoms. The lowest BCUT2D eigenvalue weighted by molar-refractivity contribution is 0.0188. The zero-order valence-electron chi connectivity index (χ0n) is 11.7. The zero-order valence-corrected chi connectivity index (χ0v) is 11.7. The molecule has 2 saturated heterocycles. The van der Waals surface area contributed by atoms with Gasteiger partial charge in [-0.2, -0.15) is 0 Å². The Morgan fingerprint density at radius 1 is 1.33 bits per heavy atom. The van der Waals surface area contributed by atoms with Crippen LogP contribution < -0.4 is 5.32 Å². The van der Waals surface area contributed by atoms with Gasteiger partial charge in [0.25, 0.3) is 0 Å². The van der Waals surface area contributed by atoms with Crippen molar-refractivity contribution >= 4 is 6.09 Å². The summed E-state index contributed by atoms with van der Waals surface area (Å²) in [7, 11) is 0. The molecule has 18 heavy (non-hydrogen) atoms. The number of hydrogen-bond donors (Lipinski definition) is 1. The van der Waals surface area contributed by atoms with E-state index in [1.165, 1.54) is 12.8 Å². The van der Waals surface area contributed by atoms with E-state index in [1.54, 1.807) is 0 Å². The Morgan fingerprint density at radius 3 is 2.83 bits per heavy atom. The first kappa shape index (κ1) is 12.3. The number of likely N-dealkylation sites (tertiary alicyclic amines) is 1. The van der Waals surface area contributed by atoms with Gasteiger partial charge in [0.15, 0.2) is 0 Å². The molecule has 0 aromatic carbocycles. The molecule has 1 aliphatic carbocycles. The Morgan fingerprint density at radius 2 is 2.11 bits per heavy atom. The number of nitrogens with zero attached hydrogens (tertiary/aromatic N) is 1. The first-order chi connectivity index (χ1) is 8.42. The summed E-state index contributed by atoms with van der Waals surface area (Å²) < 4.78 is 5.54. The fourth-order valence-electron chi connectivity index (χ4n) is 4.21. The molecule has 3 aliphatic rings. The Kier molecular flexibility index (Phi) is 2.63. The Hall–Kier alpha value is -0.770. The van der Waals surface area contributed by atoms with E-state index in [0.717, 1.165) is 25.9 Å². The highest BCUT2D eigenvalue weighted by Crippen LogP contribution is 2.53. The quantitative estimate of drug-likeness (QED) is 0.718. The molecular weight excluding hydrogens is 228 g/mol. The van der Waals surface area contributed by atoms with Crippen LogP contribution in [0.25, 0.3) is 0 Å². The molecule has 3 rings (SSSR count). The lowest BCUT2D eigenvalue weighted by Gasteiger charge is -2.32. The highest BCUT2D eigenvalue weighted by atomic mass is 16.6. The summed E-state index contributed by atoms with van der Waals surface area (Å²) in [6.07, 6.45) is 4.61. The van der Waals surface area contributed by atoms with E-state index in [0.29, 0.717) is 17.5 Å². The van der Waals surface area contributed by atoms with Gasteiger partial charge in [0, 0.05) is 24.0 Å². The normalized spacial score (nSPS) is 38.7. The summed E-state index contributed by atoms with van der Waals surface area (Å²) in [6.45, 7) is 7.79. The summed E-state index contributed by atoms with van der Waals surface area (Å²) in [5, 5.41) is 3.61. The van der Waals surface area contributed by atoms with Crippen LogP contribution in [-0.2, 0) is 4.74 Å². The van der Waals surface area contributed by atoms with Gasteiger partial charge in [-0.25, -0.2) is 4.79 Å². The second-order valence-corrected chi connectivity index (χ2v) is 7.01. The van der Waals surface area contributed by atoms with Crippen LogP contribution >= 0.6 is 0 Å². The molecule has 2 aliphatic heterocycles. The van der Waals surface area contributed by atoms with Crippen molar-refractivity contribution in [3.05, 3.63) is 0 Å². The molecule has 0 radical (unpaired) electrons. The Labute approximate surface area is 109 Å². The molecule has 1 saturated carbocycles. The van der Waals surface area contributed by atoms with Crippen LogP contribution in [0.1, 0.15) is 46.5 Å². The highest BCUT2D eigenvalue weighted by Gasteiger charge is 2.59. The van der Waals surface area contributed by atoms with Gasteiger partial charge in [0.1, 0.15) is 5.60 Å². The van der Waals surface area contributed by atoms with Crippen LogP contribution in [0.2, 0.25) is 0 Å². The molecule has 0 unspecified atom stereocenters. The molecule has 1 amide bonds. The third kappa shape index (κ3) is 1.73. The molecular formula is C14H24N2O2. The molecule has 4 nitrogen and oxygen atoms in total. The first-order valence-electron chi connectivity index (χ1n) is 7.15. The maximum absolute atomic E-state index is 12.3. The van der Waals surface area contributed by atoms with Gasteiger partial charge in [-0.05, 0) is 53.0 Å². The van der Waals surface area contributed by atoms with Crippen LogP contribution in [0.3, 0.4) is 0 Å². The fourth-order valence-corrected chi connectivity index (χ4v) is 4.21. The van der Waals surface area contributed by atoms with Gasteiger partial charge in [0.05, 0.1) is 0 Å². The molecule has 0 aromatic rings. The minimum atomic E-state index is -0.390. The molecule has 1 spiro atoms. The maximum atomic E-state index is 12.3. The average molecular weight is 252 g/mol. The lowest BCUT2D eigenvalue weighted by atomic mass is 9.79. The van der Waals surface area contributed by atoms with Crippen molar-refractivity contribution in [2.24, 2.45) is 5.41 Å². The SMILES string of the molecule is CC(C)(C)OC(=O)N1CC[C@]23CCN[C@H]2CC[C@H]13. The van der Waals surface area contributed by atoms with E-state index in [1.807, 2.05) is 25.7 Å². The molecule has 4 heteroatoms. The molecule has 3 atom stereocenters. The first-order valence-corrected chi connectivity index (χ1v) is 7.15. The largest absolute Gasteiger partial charge is 0.444 e. The summed E-state index contributed by atoms with van der Waals surface area (Å²) >= 11 is 0. The number of amides is 1. The molecule has 102 valence electrons. The Balaban J connectivity index is 1.75. The van der Waals surface area contributed by atoms with Crippen molar-refractivity contribution in [1.29, 1.82) is 0 Å². The van der Waals surface area contributed by atoms with Crippen molar-refractivity contribution in [2.45, 2.75) is 64.1 Å². The smallest absolute Gasteiger partial charge is 0.410 e. The van der Waals surface area contributed by atoms with Crippen LogP contribution in [0.15, 0.2) is 0 Å². The van der Waals surface area contributed by atoms with Crippen molar-refractivity contribution in [1.82, 2.24) is 10.2 Å². The topological polar surface area (TPSA) is 41.6 Å². The number of nitrogens with one attached hydrogen (secondary N) is 1. The average Bonchev–Trinajstić information content (AvgIpc) is 2.83. The number of carbonyl (C=O) groups is 1. The van der Waals surface area contributed by atoms with Gasteiger partial charge in [-0.15, -0.1) is 0 Å². The third-order valence-electron chi connectivity index (χ3n) is 4.89. The van der Waals surface area contributed by atoms with Gasteiger partial charge >= 0.3 is 6.09 Å². The van der Waals surface area contributed by atoms with Crippen molar-refractivity contribution in [3.8, 4) is 0 Å². The summed E-state index contributed by atoms with van der Waals surface area (Å²) in [5.74, 6) is 0. The minimum Gasteiger partial charge on any atom is -0.444 e. The van der Waals surface area contributed by atoms with E-state index < -0.39 is 5.60 Å². The van der Waals surface area contributed by atoms with Gasteiger partial charge in [-0.3, -0.25) is 0 Å². The number of hydrogen-bond acceptors (Lipinski definition) is 3. The fraction of sp³-hybridized carbons (Fsp3) is 0.929. The summed E-state index contributed by atoms with van der Waals surface area (Å²) in [4.78, 5) is 14.3. The monoisotopic (exact) mass is 252 g/mol. The summed E-state index contributed by atoms with van der Waals surface area (Å²) in [6, 6.07) is 1.04. The third-order valence-corrected chi connectivity index (χ3v) is 4.89. The lowest BCUT2D eigenvalue weighted by Crippen LogP contribution is -2.44. The van der Waals surface area contributed by atoms with Crippen LogP contribution in [-0.4, -0.2) is 41.8 Å². The van der Waals surface area contributed by atoms with Crippen LogP contribution in [0, 0.1) is 5.41 Å². The maximum Gasteiger partial charge on any atom is 0.410 e. The van der Waals surface area contributed by atoms with Crippen molar-refractivity contribution in [3.63, 3.8) is 0 Å². The predicted octanol–water partition coefficient (Wildman–Crippen LogP) is 2.14. The van der Waals surface area contributed by atoms with E-state index in [2.05, 4.69) is 5.32 Å². The van der Waals surface area contributed by atoms with Gasteiger partial charge < -0.3 is 15.0 Å². The van der Waals surface area contributed by atoms with Crippen molar-refractivity contribution in [2.75, 3.05) is 13.1 Å². The zero-order chi connectivity index (χ0) is 13.0. The van der Waals surface area contributed by atoms with E-state index in [9.17, 15) is 4.79 Å². The predicted molar refractivity (Wildman–Crippen MR) is 69.4 cm³/mol. The van der Waals surface area contributed by atoms with Crippen LogP contribution in [0.5, 0.6) is 0 Å². The standard InChI is InChI=1S/C14H24N2O2/c1-13(2,3)18-12(17)16-9-7-14-6-8-15-10(14)4-5-11(14)16/h10-11,15H,4-9H2,1-3H3/t10-,11-,14+/m0/s1. The molecule has 1 N–H and O–H groups in total. The second-order valence-electron chi connectivity index (χ2n) is 7.01. The van der Waals surface area contributed by atoms with E-state index in [4.69, 9.17) is 4.74 Å². The van der Waals surface area contributed by atoms with Gasteiger partial charge in [0.2, 0.25) is 0 Å². The summed E-state index contributed by atoms with van der Waals surface area (Å²) in [5.41, 5.74) is -0.0321. The number of ether oxygens (including phenoxy) is 1. The van der Waals surface area contributed by atoms with Crippen LogP contribution in [0.4, 0.5) is 4.79 Å². The number of carbonyl (C=O) groups excluding carboxylic acids is 1. The highest BCUT2D eigenvalue weighted by molar-refractivity contribution is 5.69. The van der Waals surface area contributed by atoms with Crippen molar-refractivity contribution < 1.29 is 9.53 Å². The molecule has 3 fully saturated rings. The van der Waals surface area contributed by atoms with Gasteiger partial charge in [-0.1, -0.05) is 0 Å². The van der Waals surface area contributed by atoms with E-state index in [-0.39, 0.29) is 6.09 Å². The Bertz CT molecular complexity index is 363. The second kappa shape index (κ2) is 3.86.